The van der Waals surface area contributed by atoms with Gasteiger partial charge in [-0.1, -0.05) is 18.6 Å². The quantitative estimate of drug-likeness (QED) is 0.774. The summed E-state index contributed by atoms with van der Waals surface area (Å²) in [6, 6.07) is 2.01. The van der Waals surface area contributed by atoms with Crippen molar-refractivity contribution in [2.45, 2.75) is 20.3 Å². The average Bonchev–Trinajstić information content (AvgIpc) is 2.47. The van der Waals surface area contributed by atoms with Gasteiger partial charge in [-0.3, -0.25) is 14.9 Å². The molecule has 0 aliphatic carbocycles. The summed E-state index contributed by atoms with van der Waals surface area (Å²) in [6.45, 7) is 12.6. The zero-order valence-corrected chi connectivity index (χ0v) is 12.4. The number of aromatic nitrogens is 1. The molecule has 0 N–H and O–H groups in total. The largest absolute Gasteiger partial charge is 0.379 e. The van der Waals surface area contributed by atoms with Crippen molar-refractivity contribution < 1.29 is 4.74 Å². The van der Waals surface area contributed by atoms with Crippen molar-refractivity contribution >= 4 is 18.5 Å². The first-order valence-corrected chi connectivity index (χ1v) is 7.16. The molecule has 2 heterocycles. The molecule has 1 aromatic heterocycles. The summed E-state index contributed by atoms with van der Waals surface area (Å²) in [6.07, 6.45) is 4.92. The highest BCUT2D eigenvalue weighted by molar-refractivity contribution is 5.68. The van der Waals surface area contributed by atoms with E-state index in [4.69, 9.17) is 4.74 Å². The maximum Gasteiger partial charge on any atom is 0.0909 e. The SMILES string of the molecule is C=Nc1c(/C=C(\C)CN2CCOCC2)ccnc1CC. The lowest BCUT2D eigenvalue weighted by atomic mass is 10.1. The number of aryl methyl sites for hydroxylation is 1. The molecule has 0 unspecified atom stereocenters. The summed E-state index contributed by atoms with van der Waals surface area (Å²) in [7, 11) is 0. The van der Waals surface area contributed by atoms with Crippen LogP contribution in [0.15, 0.2) is 22.8 Å². The Balaban J connectivity index is 2.14. The zero-order valence-electron chi connectivity index (χ0n) is 12.4. The van der Waals surface area contributed by atoms with Crippen LogP contribution in [0.2, 0.25) is 0 Å². The van der Waals surface area contributed by atoms with Gasteiger partial charge in [0.15, 0.2) is 0 Å². The summed E-state index contributed by atoms with van der Waals surface area (Å²) in [5.74, 6) is 0. The van der Waals surface area contributed by atoms with Crippen molar-refractivity contribution in [1.82, 2.24) is 9.88 Å². The first-order chi connectivity index (χ1) is 9.74. The Morgan fingerprint density at radius 2 is 2.25 bits per heavy atom. The van der Waals surface area contributed by atoms with Crippen molar-refractivity contribution in [1.29, 1.82) is 0 Å². The van der Waals surface area contributed by atoms with Crippen molar-refractivity contribution in [2.24, 2.45) is 4.99 Å². The first-order valence-electron chi connectivity index (χ1n) is 7.16. The van der Waals surface area contributed by atoms with Crippen LogP contribution in [0, 0.1) is 0 Å². The van der Waals surface area contributed by atoms with E-state index in [1.54, 1.807) is 0 Å². The van der Waals surface area contributed by atoms with E-state index in [9.17, 15) is 0 Å². The second-order valence-electron chi connectivity index (χ2n) is 5.09. The summed E-state index contributed by atoms with van der Waals surface area (Å²) in [4.78, 5) is 10.9. The first kappa shape index (κ1) is 14.9. The molecule has 1 saturated heterocycles. The molecule has 0 aromatic carbocycles. The number of hydrogen-bond donors (Lipinski definition) is 0. The van der Waals surface area contributed by atoms with Crippen LogP contribution in [0.3, 0.4) is 0 Å². The fourth-order valence-corrected chi connectivity index (χ4v) is 2.50. The fourth-order valence-electron chi connectivity index (χ4n) is 2.50. The van der Waals surface area contributed by atoms with Crippen molar-refractivity contribution in [3.05, 3.63) is 29.1 Å². The summed E-state index contributed by atoms with van der Waals surface area (Å²) in [5.41, 5.74) is 4.35. The molecule has 1 aliphatic heterocycles. The molecule has 4 nitrogen and oxygen atoms in total. The minimum absolute atomic E-state index is 0.835. The summed E-state index contributed by atoms with van der Waals surface area (Å²) in [5, 5.41) is 0. The molecule has 0 bridgehead atoms. The Morgan fingerprint density at radius 3 is 2.90 bits per heavy atom. The Morgan fingerprint density at radius 1 is 1.50 bits per heavy atom. The van der Waals surface area contributed by atoms with E-state index >= 15 is 0 Å². The number of ether oxygens (including phenoxy) is 1. The van der Waals surface area contributed by atoms with E-state index in [0.717, 1.165) is 56.2 Å². The molecule has 1 aliphatic rings. The Hall–Kier alpha value is -1.52. The molecule has 1 aromatic rings. The minimum Gasteiger partial charge on any atom is -0.379 e. The van der Waals surface area contributed by atoms with Crippen LogP contribution in [0.4, 0.5) is 5.69 Å². The van der Waals surface area contributed by atoms with Gasteiger partial charge in [-0.15, -0.1) is 0 Å². The fraction of sp³-hybridized carbons (Fsp3) is 0.500. The Kier molecular flexibility index (Phi) is 5.44. The maximum absolute atomic E-state index is 5.37. The average molecular weight is 273 g/mol. The third-order valence-corrected chi connectivity index (χ3v) is 3.50. The lowest BCUT2D eigenvalue weighted by Crippen LogP contribution is -2.37. The van der Waals surface area contributed by atoms with Crippen LogP contribution < -0.4 is 0 Å². The second-order valence-corrected chi connectivity index (χ2v) is 5.09. The molecule has 1 fully saturated rings. The van der Waals surface area contributed by atoms with E-state index < -0.39 is 0 Å². The van der Waals surface area contributed by atoms with Crippen LogP contribution in [0.1, 0.15) is 25.1 Å². The third-order valence-electron chi connectivity index (χ3n) is 3.50. The van der Waals surface area contributed by atoms with Crippen molar-refractivity contribution in [3.63, 3.8) is 0 Å². The molecular formula is C16H23N3O. The van der Waals surface area contributed by atoms with Gasteiger partial charge in [0.1, 0.15) is 0 Å². The Bertz CT molecular complexity index is 490. The highest BCUT2D eigenvalue weighted by Gasteiger charge is 2.11. The summed E-state index contributed by atoms with van der Waals surface area (Å²) >= 11 is 0. The molecule has 4 heteroatoms. The number of hydrogen-bond acceptors (Lipinski definition) is 4. The van der Waals surface area contributed by atoms with Crippen LogP contribution >= 0.6 is 0 Å². The lowest BCUT2D eigenvalue weighted by Gasteiger charge is -2.26. The van der Waals surface area contributed by atoms with Gasteiger partial charge in [-0.2, -0.15) is 0 Å². The van der Waals surface area contributed by atoms with Crippen molar-refractivity contribution in [2.75, 3.05) is 32.8 Å². The zero-order chi connectivity index (χ0) is 14.4. The highest BCUT2D eigenvalue weighted by Crippen LogP contribution is 2.25. The number of morpholine rings is 1. The van der Waals surface area contributed by atoms with E-state index in [1.165, 1.54) is 5.57 Å². The minimum atomic E-state index is 0.835. The number of nitrogens with zero attached hydrogens (tertiary/aromatic N) is 3. The van der Waals surface area contributed by atoms with Crippen LogP contribution in [-0.2, 0) is 11.2 Å². The van der Waals surface area contributed by atoms with Gasteiger partial charge in [-0.25, -0.2) is 0 Å². The van der Waals surface area contributed by atoms with Crippen molar-refractivity contribution in [3.8, 4) is 0 Å². The van der Waals surface area contributed by atoms with Gasteiger partial charge in [-0.05, 0) is 26.1 Å². The van der Waals surface area contributed by atoms with Gasteiger partial charge in [0.05, 0.1) is 24.6 Å². The summed E-state index contributed by atoms with van der Waals surface area (Å²) < 4.78 is 5.37. The van der Waals surface area contributed by atoms with Gasteiger partial charge in [0.2, 0.25) is 0 Å². The topological polar surface area (TPSA) is 37.7 Å². The van der Waals surface area contributed by atoms with E-state index in [-0.39, 0.29) is 0 Å². The van der Waals surface area contributed by atoms with Gasteiger partial charge < -0.3 is 4.74 Å². The highest BCUT2D eigenvalue weighted by atomic mass is 16.5. The van der Waals surface area contributed by atoms with Crippen LogP contribution in [0.25, 0.3) is 6.08 Å². The molecule has 108 valence electrons. The lowest BCUT2D eigenvalue weighted by molar-refractivity contribution is 0.0424. The second kappa shape index (κ2) is 7.31. The van der Waals surface area contributed by atoms with E-state index in [2.05, 4.69) is 41.5 Å². The number of pyridine rings is 1. The standard InChI is InChI=1S/C16H23N3O/c1-4-15-16(17-3)14(5-6-18-15)11-13(2)12-19-7-9-20-10-8-19/h5-6,11H,3-4,7-10,12H2,1-2H3/b13-11+. The molecule has 0 amide bonds. The smallest absolute Gasteiger partial charge is 0.0909 e. The number of aliphatic imine (C=N–C) groups is 1. The monoisotopic (exact) mass is 273 g/mol. The molecule has 0 radical (unpaired) electrons. The normalized spacial score (nSPS) is 17.2. The van der Waals surface area contributed by atoms with Gasteiger partial charge in [0, 0.05) is 31.4 Å². The Labute approximate surface area is 121 Å². The predicted molar refractivity (Wildman–Crippen MR) is 83.7 cm³/mol. The van der Waals surface area contributed by atoms with Gasteiger partial charge >= 0.3 is 0 Å². The van der Waals surface area contributed by atoms with Crippen LogP contribution in [-0.4, -0.2) is 49.4 Å². The third kappa shape index (κ3) is 3.74. The maximum atomic E-state index is 5.37. The molecule has 0 spiro atoms. The number of rotatable bonds is 5. The molecule has 20 heavy (non-hydrogen) atoms. The molecule has 0 atom stereocenters. The van der Waals surface area contributed by atoms with Gasteiger partial charge in [0.25, 0.3) is 0 Å². The molecule has 2 rings (SSSR count). The van der Waals surface area contributed by atoms with E-state index in [0.29, 0.717) is 0 Å². The predicted octanol–water partition coefficient (Wildman–Crippen LogP) is 2.71. The molecular weight excluding hydrogens is 250 g/mol. The van der Waals surface area contributed by atoms with Crippen LogP contribution in [0.5, 0.6) is 0 Å². The van der Waals surface area contributed by atoms with E-state index in [1.807, 2.05) is 12.3 Å². The molecule has 0 saturated carbocycles.